The number of rotatable bonds is 5. The van der Waals surface area contributed by atoms with Gasteiger partial charge in [0.2, 0.25) is 0 Å². The molecule has 0 aliphatic heterocycles. The topological polar surface area (TPSA) is 21.3 Å². The van der Waals surface area contributed by atoms with Crippen LogP contribution in [-0.4, -0.2) is 7.11 Å². The highest BCUT2D eigenvalue weighted by Gasteiger charge is 2.04. The van der Waals surface area contributed by atoms with Crippen LogP contribution < -0.4 is 5.32 Å². The van der Waals surface area contributed by atoms with Gasteiger partial charge in [-0.3, -0.25) is 0 Å². The van der Waals surface area contributed by atoms with E-state index in [9.17, 15) is 0 Å². The summed E-state index contributed by atoms with van der Waals surface area (Å²) in [5.74, 6) is 0. The Bertz CT molecular complexity index is 560. The zero-order valence-electron chi connectivity index (χ0n) is 10.6. The smallest absolute Gasteiger partial charge is 0.0716 e. The second-order valence-electron chi connectivity index (χ2n) is 4.18. The van der Waals surface area contributed by atoms with Crippen molar-refractivity contribution in [2.45, 2.75) is 13.2 Å². The number of nitrogens with one attached hydrogen (secondary N) is 1. The summed E-state index contributed by atoms with van der Waals surface area (Å²) >= 11 is 9.60. The number of hydrogen-bond acceptors (Lipinski definition) is 2. The Morgan fingerprint density at radius 2 is 1.89 bits per heavy atom. The molecule has 0 unspecified atom stereocenters. The van der Waals surface area contributed by atoms with E-state index in [0.717, 1.165) is 16.7 Å². The van der Waals surface area contributed by atoms with Gasteiger partial charge in [-0.15, -0.1) is 0 Å². The van der Waals surface area contributed by atoms with Gasteiger partial charge in [0.1, 0.15) is 0 Å². The maximum atomic E-state index is 6.16. The van der Waals surface area contributed by atoms with Gasteiger partial charge in [-0.05, 0) is 29.3 Å². The largest absolute Gasteiger partial charge is 0.380 e. The van der Waals surface area contributed by atoms with Gasteiger partial charge in [-0.1, -0.05) is 51.8 Å². The Hall–Kier alpha value is -1.03. The molecular weight excluding hydrogens is 326 g/mol. The van der Waals surface area contributed by atoms with Crippen LogP contribution in [0.4, 0.5) is 5.69 Å². The molecular formula is C15H15BrClNO. The quantitative estimate of drug-likeness (QED) is 0.839. The highest BCUT2D eigenvalue weighted by atomic mass is 79.9. The van der Waals surface area contributed by atoms with E-state index in [2.05, 4.69) is 33.4 Å². The molecule has 0 spiro atoms. The molecule has 2 aromatic carbocycles. The summed E-state index contributed by atoms with van der Waals surface area (Å²) in [5.41, 5.74) is 3.31. The van der Waals surface area contributed by atoms with Crippen LogP contribution in [0.2, 0.25) is 5.02 Å². The molecule has 0 aliphatic rings. The first kappa shape index (κ1) is 14.4. The average Bonchev–Trinajstić information content (AvgIpc) is 2.42. The fourth-order valence-corrected chi connectivity index (χ4v) is 2.40. The van der Waals surface area contributed by atoms with Crippen molar-refractivity contribution in [1.82, 2.24) is 0 Å². The predicted octanol–water partition coefficient (Wildman–Crippen LogP) is 4.86. The van der Waals surface area contributed by atoms with Crippen molar-refractivity contribution >= 4 is 33.2 Å². The fraction of sp³-hybridized carbons (Fsp3) is 0.200. The first-order valence-corrected chi connectivity index (χ1v) is 7.12. The van der Waals surface area contributed by atoms with Crippen molar-refractivity contribution in [3.05, 3.63) is 63.1 Å². The Morgan fingerprint density at radius 1 is 1.16 bits per heavy atom. The normalized spacial score (nSPS) is 10.5. The predicted molar refractivity (Wildman–Crippen MR) is 83.6 cm³/mol. The van der Waals surface area contributed by atoms with Crippen LogP contribution in [0.5, 0.6) is 0 Å². The van der Waals surface area contributed by atoms with Crippen LogP contribution in [-0.2, 0) is 17.9 Å². The lowest BCUT2D eigenvalue weighted by Crippen LogP contribution is -2.04. The van der Waals surface area contributed by atoms with Gasteiger partial charge in [-0.2, -0.15) is 0 Å². The lowest BCUT2D eigenvalue weighted by atomic mass is 10.1. The highest BCUT2D eigenvalue weighted by Crippen LogP contribution is 2.26. The lowest BCUT2D eigenvalue weighted by molar-refractivity contribution is 0.184. The van der Waals surface area contributed by atoms with Gasteiger partial charge >= 0.3 is 0 Å². The lowest BCUT2D eigenvalue weighted by Gasteiger charge is -2.12. The molecule has 0 amide bonds. The van der Waals surface area contributed by atoms with Gasteiger partial charge < -0.3 is 10.1 Å². The molecule has 0 fully saturated rings. The number of anilines is 1. The second-order valence-corrected chi connectivity index (χ2v) is 5.50. The standard InChI is InChI=1S/C15H15BrClNO/c1-19-10-12-5-3-2-4-11(12)9-18-15-8-13(16)6-7-14(15)17/h2-8,18H,9-10H2,1H3. The molecule has 2 nitrogen and oxygen atoms in total. The van der Waals surface area contributed by atoms with Crippen molar-refractivity contribution in [3.8, 4) is 0 Å². The molecule has 0 bridgehead atoms. The third kappa shape index (κ3) is 3.96. The Balaban J connectivity index is 2.12. The molecule has 0 atom stereocenters. The van der Waals surface area contributed by atoms with Crippen LogP contribution in [0.25, 0.3) is 0 Å². The Morgan fingerprint density at radius 3 is 2.63 bits per heavy atom. The molecule has 0 saturated carbocycles. The third-order valence-electron chi connectivity index (χ3n) is 2.82. The van der Waals surface area contributed by atoms with E-state index >= 15 is 0 Å². The molecule has 0 radical (unpaired) electrons. The molecule has 0 heterocycles. The first-order valence-electron chi connectivity index (χ1n) is 5.95. The van der Waals surface area contributed by atoms with Crippen LogP contribution in [0.15, 0.2) is 46.9 Å². The minimum Gasteiger partial charge on any atom is -0.380 e. The molecule has 2 rings (SSSR count). The summed E-state index contributed by atoms with van der Waals surface area (Å²) in [6.07, 6.45) is 0. The van der Waals surface area contributed by atoms with E-state index in [1.54, 1.807) is 7.11 Å². The summed E-state index contributed by atoms with van der Waals surface area (Å²) in [4.78, 5) is 0. The molecule has 4 heteroatoms. The zero-order chi connectivity index (χ0) is 13.7. The summed E-state index contributed by atoms with van der Waals surface area (Å²) in [6.45, 7) is 1.33. The number of benzene rings is 2. The second kappa shape index (κ2) is 6.94. The van der Waals surface area contributed by atoms with E-state index in [1.165, 1.54) is 11.1 Å². The maximum absolute atomic E-state index is 6.16. The van der Waals surface area contributed by atoms with Crippen molar-refractivity contribution in [2.24, 2.45) is 0 Å². The summed E-state index contributed by atoms with van der Waals surface area (Å²) in [7, 11) is 1.70. The number of hydrogen-bond donors (Lipinski definition) is 1. The molecule has 0 aromatic heterocycles. The molecule has 0 aliphatic carbocycles. The number of ether oxygens (including phenoxy) is 1. The van der Waals surface area contributed by atoms with E-state index in [-0.39, 0.29) is 0 Å². The van der Waals surface area contributed by atoms with E-state index < -0.39 is 0 Å². The molecule has 19 heavy (non-hydrogen) atoms. The Labute approximate surface area is 126 Å². The molecule has 0 saturated heterocycles. The molecule has 1 N–H and O–H groups in total. The first-order chi connectivity index (χ1) is 9.20. The number of methoxy groups -OCH3 is 1. The van der Waals surface area contributed by atoms with Gasteiger partial charge in [-0.25, -0.2) is 0 Å². The van der Waals surface area contributed by atoms with Crippen molar-refractivity contribution in [2.75, 3.05) is 12.4 Å². The Kier molecular flexibility index (Phi) is 5.25. The van der Waals surface area contributed by atoms with Crippen molar-refractivity contribution in [1.29, 1.82) is 0 Å². The van der Waals surface area contributed by atoms with Gasteiger partial charge in [0.15, 0.2) is 0 Å². The molecule has 100 valence electrons. The van der Waals surface area contributed by atoms with Gasteiger partial charge in [0.05, 0.1) is 17.3 Å². The molecule has 2 aromatic rings. The van der Waals surface area contributed by atoms with Crippen molar-refractivity contribution in [3.63, 3.8) is 0 Å². The number of halogens is 2. The van der Waals surface area contributed by atoms with Crippen LogP contribution in [0.3, 0.4) is 0 Å². The SMILES string of the molecule is COCc1ccccc1CNc1cc(Br)ccc1Cl. The minimum atomic E-state index is 0.615. The van der Waals surface area contributed by atoms with Crippen LogP contribution >= 0.6 is 27.5 Å². The van der Waals surface area contributed by atoms with E-state index in [4.69, 9.17) is 16.3 Å². The van der Waals surface area contributed by atoms with Crippen LogP contribution in [0.1, 0.15) is 11.1 Å². The third-order valence-corrected chi connectivity index (χ3v) is 3.64. The van der Waals surface area contributed by atoms with E-state index in [1.807, 2.05) is 30.3 Å². The van der Waals surface area contributed by atoms with E-state index in [0.29, 0.717) is 11.6 Å². The minimum absolute atomic E-state index is 0.615. The van der Waals surface area contributed by atoms with Crippen LogP contribution in [0, 0.1) is 0 Å². The average molecular weight is 341 g/mol. The van der Waals surface area contributed by atoms with Gasteiger partial charge in [0.25, 0.3) is 0 Å². The van der Waals surface area contributed by atoms with Gasteiger partial charge in [0, 0.05) is 18.1 Å². The van der Waals surface area contributed by atoms with Crippen molar-refractivity contribution < 1.29 is 4.74 Å². The zero-order valence-corrected chi connectivity index (χ0v) is 13.0. The highest BCUT2D eigenvalue weighted by molar-refractivity contribution is 9.10. The summed E-state index contributed by atoms with van der Waals surface area (Å²) < 4.78 is 6.21. The summed E-state index contributed by atoms with van der Waals surface area (Å²) in [6, 6.07) is 14.0. The summed E-state index contributed by atoms with van der Waals surface area (Å²) in [5, 5.41) is 4.07. The monoisotopic (exact) mass is 339 g/mol. The maximum Gasteiger partial charge on any atom is 0.0716 e. The fourth-order valence-electron chi connectivity index (χ4n) is 1.85.